The minimum absolute atomic E-state index is 0.00567. The van der Waals surface area contributed by atoms with Crippen LogP contribution in [0.1, 0.15) is 16.7 Å². The summed E-state index contributed by atoms with van der Waals surface area (Å²) < 4.78 is 2.40. The Morgan fingerprint density at radius 2 is 1.63 bits per heavy atom. The maximum absolute atomic E-state index is 13.1. The number of aromatic nitrogens is 1. The van der Waals surface area contributed by atoms with Crippen LogP contribution in [0.5, 0.6) is 5.75 Å². The van der Waals surface area contributed by atoms with Crippen molar-refractivity contribution in [3.63, 3.8) is 0 Å². The quantitative estimate of drug-likeness (QED) is 0.525. The molecule has 0 radical (unpaired) electrons. The molecule has 0 fully saturated rings. The number of aliphatic imine (C=N–C) groups is 1. The number of thiophene rings is 1. The van der Waals surface area contributed by atoms with Crippen molar-refractivity contribution in [3.05, 3.63) is 99.2 Å². The van der Waals surface area contributed by atoms with Gasteiger partial charge in [-0.05, 0) is 22.6 Å². The van der Waals surface area contributed by atoms with Gasteiger partial charge in [0.15, 0.2) is 0 Å². The van der Waals surface area contributed by atoms with E-state index in [0.717, 1.165) is 16.6 Å². The van der Waals surface area contributed by atoms with Crippen molar-refractivity contribution in [1.29, 1.82) is 0 Å². The van der Waals surface area contributed by atoms with E-state index >= 15 is 0 Å². The van der Waals surface area contributed by atoms with Crippen LogP contribution in [-0.2, 0) is 13.1 Å². The second-order valence-electron chi connectivity index (χ2n) is 6.23. The van der Waals surface area contributed by atoms with Gasteiger partial charge in [-0.2, -0.15) is 0 Å². The molecule has 4 aromatic rings. The fraction of sp³-hybridized carbons (Fsp3) is 0.0909. The molecule has 0 saturated carbocycles. The van der Waals surface area contributed by atoms with Crippen LogP contribution in [-0.4, -0.2) is 15.9 Å². The minimum Gasteiger partial charge on any atom is -0.505 e. The summed E-state index contributed by atoms with van der Waals surface area (Å²) in [5.41, 5.74) is 2.82. The van der Waals surface area contributed by atoms with E-state index in [0.29, 0.717) is 17.8 Å². The largest absolute Gasteiger partial charge is 0.505 e. The average molecular weight is 374 g/mol. The van der Waals surface area contributed by atoms with Gasteiger partial charge in [0, 0.05) is 6.21 Å². The van der Waals surface area contributed by atoms with Crippen molar-refractivity contribution in [2.24, 2.45) is 4.99 Å². The van der Waals surface area contributed by atoms with Crippen molar-refractivity contribution >= 4 is 27.8 Å². The van der Waals surface area contributed by atoms with Gasteiger partial charge in [-0.25, -0.2) is 0 Å². The molecular formula is C22H18N2O2S. The summed E-state index contributed by atoms with van der Waals surface area (Å²) in [5, 5.41) is 12.5. The second-order valence-corrected chi connectivity index (χ2v) is 7.15. The molecule has 0 aliphatic carbocycles. The van der Waals surface area contributed by atoms with Crippen LogP contribution in [0.25, 0.3) is 10.2 Å². The molecule has 0 saturated heterocycles. The van der Waals surface area contributed by atoms with Crippen LogP contribution in [0.15, 0.2) is 81.9 Å². The third-order valence-electron chi connectivity index (χ3n) is 4.40. The molecule has 4 nitrogen and oxygen atoms in total. The molecule has 134 valence electrons. The molecule has 4 rings (SSSR count). The van der Waals surface area contributed by atoms with Crippen molar-refractivity contribution in [1.82, 2.24) is 4.57 Å². The van der Waals surface area contributed by atoms with Gasteiger partial charge in [0.05, 0.1) is 23.3 Å². The molecule has 2 heterocycles. The topological polar surface area (TPSA) is 54.6 Å². The van der Waals surface area contributed by atoms with Crippen LogP contribution in [0, 0.1) is 0 Å². The van der Waals surface area contributed by atoms with Crippen LogP contribution in [0.4, 0.5) is 0 Å². The summed E-state index contributed by atoms with van der Waals surface area (Å²) in [5.74, 6) is 0.00567. The highest BCUT2D eigenvalue weighted by Gasteiger charge is 2.16. The molecule has 0 aliphatic heterocycles. The normalized spacial score (nSPS) is 11.4. The molecule has 1 N–H and O–H groups in total. The molecule has 0 amide bonds. The smallest absolute Gasteiger partial charge is 0.264 e. The van der Waals surface area contributed by atoms with E-state index in [4.69, 9.17) is 0 Å². The summed E-state index contributed by atoms with van der Waals surface area (Å²) in [7, 11) is 0. The van der Waals surface area contributed by atoms with Gasteiger partial charge in [-0.1, -0.05) is 60.7 Å². The lowest BCUT2D eigenvalue weighted by Crippen LogP contribution is -2.24. The molecule has 5 heteroatoms. The fourth-order valence-electron chi connectivity index (χ4n) is 3.04. The van der Waals surface area contributed by atoms with Crippen LogP contribution >= 0.6 is 11.3 Å². The number of nitrogens with zero attached hydrogens (tertiary/aromatic N) is 2. The first kappa shape index (κ1) is 17.2. The zero-order valence-corrected chi connectivity index (χ0v) is 15.4. The van der Waals surface area contributed by atoms with Gasteiger partial charge in [0.25, 0.3) is 5.56 Å². The van der Waals surface area contributed by atoms with E-state index in [-0.39, 0.29) is 16.9 Å². The third-order valence-corrected chi connectivity index (χ3v) is 5.31. The summed E-state index contributed by atoms with van der Waals surface area (Å²) >= 11 is 1.42. The Bertz CT molecular complexity index is 1150. The SMILES string of the molecule is O=c1c(C=NCc2ccccc2)c(O)c2sccc2n1Cc1ccccc1. The maximum atomic E-state index is 13.1. The highest BCUT2D eigenvalue weighted by molar-refractivity contribution is 7.17. The average Bonchev–Trinajstić information content (AvgIpc) is 3.19. The Kier molecular flexibility index (Phi) is 4.85. The van der Waals surface area contributed by atoms with Gasteiger partial charge in [-0.3, -0.25) is 9.79 Å². The lowest BCUT2D eigenvalue weighted by atomic mass is 10.2. The standard InChI is InChI=1S/C22H18N2O2S/c25-20-18(14-23-13-16-7-3-1-4-8-16)22(26)24(19-11-12-27-21(19)20)15-17-9-5-2-6-10-17/h1-12,14,25H,13,15H2. The highest BCUT2D eigenvalue weighted by Crippen LogP contribution is 2.30. The molecule has 0 atom stereocenters. The van der Waals surface area contributed by atoms with Crippen LogP contribution in [0.2, 0.25) is 0 Å². The first-order valence-electron chi connectivity index (χ1n) is 8.64. The molecule has 27 heavy (non-hydrogen) atoms. The van der Waals surface area contributed by atoms with Gasteiger partial charge < -0.3 is 9.67 Å². The number of aromatic hydroxyl groups is 1. The van der Waals surface area contributed by atoms with Gasteiger partial charge in [0.1, 0.15) is 11.3 Å². The number of fused-ring (bicyclic) bond motifs is 1. The summed E-state index contributed by atoms with van der Waals surface area (Å²) in [6.07, 6.45) is 1.49. The lowest BCUT2D eigenvalue weighted by molar-refractivity contribution is 0.479. The van der Waals surface area contributed by atoms with Gasteiger partial charge >= 0.3 is 0 Å². The molecule has 0 bridgehead atoms. The van der Waals surface area contributed by atoms with Gasteiger partial charge in [0.2, 0.25) is 0 Å². The first-order valence-corrected chi connectivity index (χ1v) is 9.52. The van der Waals surface area contributed by atoms with E-state index in [1.54, 1.807) is 4.57 Å². The first-order chi connectivity index (χ1) is 13.2. The molecule has 0 aliphatic rings. The fourth-order valence-corrected chi connectivity index (χ4v) is 3.89. The highest BCUT2D eigenvalue weighted by atomic mass is 32.1. The molecule has 0 spiro atoms. The van der Waals surface area contributed by atoms with E-state index in [1.807, 2.05) is 72.1 Å². The monoisotopic (exact) mass is 374 g/mol. The summed E-state index contributed by atoms with van der Waals surface area (Å²) in [6.45, 7) is 0.910. The Hall–Kier alpha value is -3.18. The van der Waals surface area contributed by atoms with Crippen molar-refractivity contribution in [2.75, 3.05) is 0 Å². The Morgan fingerprint density at radius 3 is 2.33 bits per heavy atom. The maximum Gasteiger partial charge on any atom is 0.264 e. The predicted octanol–water partition coefficient (Wildman–Crippen LogP) is 4.44. The molecule has 2 aromatic carbocycles. The Morgan fingerprint density at radius 1 is 0.963 bits per heavy atom. The zero-order chi connectivity index (χ0) is 18.6. The van der Waals surface area contributed by atoms with E-state index in [9.17, 15) is 9.90 Å². The van der Waals surface area contributed by atoms with E-state index in [2.05, 4.69) is 4.99 Å². The third kappa shape index (κ3) is 3.55. The van der Waals surface area contributed by atoms with Crippen molar-refractivity contribution in [3.8, 4) is 5.75 Å². The zero-order valence-electron chi connectivity index (χ0n) is 14.6. The number of hydrogen-bond acceptors (Lipinski definition) is 4. The summed E-state index contributed by atoms with van der Waals surface area (Å²) in [4.78, 5) is 17.4. The van der Waals surface area contributed by atoms with Crippen molar-refractivity contribution in [2.45, 2.75) is 13.1 Å². The van der Waals surface area contributed by atoms with Crippen LogP contribution in [0.3, 0.4) is 0 Å². The van der Waals surface area contributed by atoms with Gasteiger partial charge in [-0.15, -0.1) is 11.3 Å². The van der Waals surface area contributed by atoms with Crippen molar-refractivity contribution < 1.29 is 5.11 Å². The van der Waals surface area contributed by atoms with E-state index < -0.39 is 0 Å². The minimum atomic E-state index is -0.237. The Labute approximate surface area is 160 Å². The second kappa shape index (κ2) is 7.60. The number of benzene rings is 2. The molecule has 0 unspecified atom stereocenters. The van der Waals surface area contributed by atoms with E-state index in [1.165, 1.54) is 17.6 Å². The predicted molar refractivity (Wildman–Crippen MR) is 111 cm³/mol. The Balaban J connectivity index is 1.75. The molecular weight excluding hydrogens is 356 g/mol. The summed E-state index contributed by atoms with van der Waals surface area (Å²) in [6, 6.07) is 21.5. The number of hydrogen-bond donors (Lipinski definition) is 1. The molecule has 2 aromatic heterocycles. The number of rotatable bonds is 5. The lowest BCUT2D eigenvalue weighted by Gasteiger charge is -2.11. The van der Waals surface area contributed by atoms with Crippen LogP contribution < -0.4 is 5.56 Å². The number of pyridine rings is 1.